The number of anilines is 1. The molecular weight excluding hydrogens is 443 g/mol. The Kier molecular flexibility index (Phi) is 5.50. The molecule has 3 aromatic heterocycles. The summed E-state index contributed by atoms with van der Waals surface area (Å²) in [6, 6.07) is 18.2. The molecule has 0 radical (unpaired) electrons. The van der Waals surface area contributed by atoms with Crippen LogP contribution in [-0.2, 0) is 13.0 Å². The molecular formula is C27H25FN6O. The monoisotopic (exact) mass is 468 g/mol. The first-order valence-electron chi connectivity index (χ1n) is 11.8. The van der Waals surface area contributed by atoms with E-state index in [4.69, 9.17) is 0 Å². The van der Waals surface area contributed by atoms with Gasteiger partial charge < -0.3 is 10.2 Å². The molecule has 35 heavy (non-hydrogen) atoms. The van der Waals surface area contributed by atoms with Crippen LogP contribution < -0.4 is 15.8 Å². The lowest BCUT2D eigenvalue weighted by molar-refractivity contribution is 0.572. The van der Waals surface area contributed by atoms with E-state index in [9.17, 15) is 9.18 Å². The minimum Gasteiger partial charge on any atom is -0.368 e. The summed E-state index contributed by atoms with van der Waals surface area (Å²) in [6.45, 7) is 4.35. The van der Waals surface area contributed by atoms with Gasteiger partial charge in [0.05, 0.1) is 22.9 Å². The first-order valence-corrected chi connectivity index (χ1v) is 11.8. The van der Waals surface area contributed by atoms with Crippen molar-refractivity contribution in [3.63, 3.8) is 0 Å². The Bertz CT molecular complexity index is 1580. The number of halogens is 1. The van der Waals surface area contributed by atoms with E-state index in [2.05, 4.69) is 38.5 Å². The van der Waals surface area contributed by atoms with Gasteiger partial charge in [-0.2, -0.15) is 5.10 Å². The van der Waals surface area contributed by atoms with Crippen LogP contribution in [0.2, 0.25) is 0 Å². The maximum atomic E-state index is 13.8. The predicted octanol–water partition coefficient (Wildman–Crippen LogP) is 3.53. The molecule has 1 fully saturated rings. The standard InChI is InChI=1S/C27H25FN6O/c28-22-3-2-20-8-11-33(25(20)17-22)26-5-6-27(35)34(31-26)12-7-19-1-4-24-21(15-19)16-23(18-30-24)32-13-9-29-10-14-32/h1-6,8,11,15-18,29H,7,9-10,12-14H2. The van der Waals surface area contributed by atoms with Crippen LogP contribution in [0, 0.1) is 5.82 Å². The summed E-state index contributed by atoms with van der Waals surface area (Å²) in [5.41, 5.74) is 3.75. The first-order chi connectivity index (χ1) is 17.1. The molecule has 7 nitrogen and oxygen atoms in total. The second-order valence-electron chi connectivity index (χ2n) is 8.85. The zero-order valence-corrected chi connectivity index (χ0v) is 19.2. The molecule has 0 atom stereocenters. The Morgan fingerprint density at radius 3 is 2.71 bits per heavy atom. The van der Waals surface area contributed by atoms with Crippen molar-refractivity contribution in [2.75, 3.05) is 31.1 Å². The molecule has 1 aliphatic rings. The number of nitrogens with zero attached hydrogens (tertiary/aromatic N) is 5. The molecule has 5 aromatic rings. The maximum absolute atomic E-state index is 13.8. The second-order valence-corrected chi connectivity index (χ2v) is 8.85. The number of hydrogen-bond acceptors (Lipinski definition) is 5. The van der Waals surface area contributed by atoms with Gasteiger partial charge in [0.15, 0.2) is 5.82 Å². The van der Waals surface area contributed by atoms with Crippen molar-refractivity contribution in [2.45, 2.75) is 13.0 Å². The van der Waals surface area contributed by atoms with Crippen LogP contribution in [0.3, 0.4) is 0 Å². The van der Waals surface area contributed by atoms with E-state index in [1.807, 2.05) is 24.5 Å². The van der Waals surface area contributed by atoms with Crippen LogP contribution in [0.25, 0.3) is 27.6 Å². The number of aromatic nitrogens is 4. The Morgan fingerprint density at radius 1 is 0.943 bits per heavy atom. The number of rotatable bonds is 5. The largest absolute Gasteiger partial charge is 0.368 e. The average molecular weight is 469 g/mol. The molecule has 0 spiro atoms. The van der Waals surface area contributed by atoms with Crippen LogP contribution in [-0.4, -0.2) is 45.5 Å². The molecule has 8 heteroatoms. The molecule has 1 saturated heterocycles. The van der Waals surface area contributed by atoms with Crippen LogP contribution in [0.4, 0.5) is 10.1 Å². The predicted molar refractivity (Wildman–Crippen MR) is 136 cm³/mol. The average Bonchev–Trinajstić information content (AvgIpc) is 3.31. The Hall–Kier alpha value is -4.04. The van der Waals surface area contributed by atoms with E-state index >= 15 is 0 Å². The van der Waals surface area contributed by atoms with E-state index < -0.39 is 0 Å². The Labute approximate surface area is 201 Å². The smallest absolute Gasteiger partial charge is 0.266 e. The van der Waals surface area contributed by atoms with Crippen molar-refractivity contribution in [1.82, 2.24) is 24.6 Å². The molecule has 0 unspecified atom stereocenters. The summed E-state index contributed by atoms with van der Waals surface area (Å²) in [7, 11) is 0. The first kappa shape index (κ1) is 21.5. The van der Waals surface area contributed by atoms with Gasteiger partial charge in [-0.3, -0.25) is 14.3 Å². The van der Waals surface area contributed by atoms with Crippen LogP contribution >= 0.6 is 0 Å². The molecule has 0 bridgehead atoms. The fourth-order valence-corrected chi connectivity index (χ4v) is 4.68. The summed E-state index contributed by atoms with van der Waals surface area (Å²) in [5, 5.41) is 9.95. The molecule has 176 valence electrons. The molecule has 1 N–H and O–H groups in total. The summed E-state index contributed by atoms with van der Waals surface area (Å²) >= 11 is 0. The molecule has 2 aromatic carbocycles. The number of fused-ring (bicyclic) bond motifs is 2. The summed E-state index contributed by atoms with van der Waals surface area (Å²) in [5.74, 6) is 0.269. The van der Waals surface area contributed by atoms with Gasteiger partial charge in [0.25, 0.3) is 5.56 Å². The zero-order chi connectivity index (χ0) is 23.8. The van der Waals surface area contributed by atoms with Gasteiger partial charge in [-0.1, -0.05) is 6.07 Å². The lowest BCUT2D eigenvalue weighted by Gasteiger charge is -2.29. The number of benzene rings is 2. The van der Waals surface area contributed by atoms with Crippen molar-refractivity contribution in [3.05, 3.63) is 94.8 Å². The summed E-state index contributed by atoms with van der Waals surface area (Å²) in [4.78, 5) is 19.5. The van der Waals surface area contributed by atoms with Gasteiger partial charge in [0.1, 0.15) is 5.82 Å². The number of nitrogens with one attached hydrogen (secondary N) is 1. The fraction of sp³-hybridized carbons (Fsp3) is 0.222. The van der Waals surface area contributed by atoms with Crippen LogP contribution in [0.5, 0.6) is 0 Å². The highest BCUT2D eigenvalue weighted by Crippen LogP contribution is 2.22. The topological polar surface area (TPSA) is 68.0 Å². The number of hydrogen-bond donors (Lipinski definition) is 1. The molecule has 4 heterocycles. The number of piperazine rings is 1. The molecule has 0 saturated carbocycles. The van der Waals surface area contributed by atoms with E-state index in [0.29, 0.717) is 24.3 Å². The third-order valence-electron chi connectivity index (χ3n) is 6.58. The van der Waals surface area contributed by atoms with Crippen LogP contribution in [0.1, 0.15) is 5.56 Å². The van der Waals surface area contributed by atoms with Gasteiger partial charge in [-0.05, 0) is 60.5 Å². The lowest BCUT2D eigenvalue weighted by atomic mass is 10.1. The van der Waals surface area contributed by atoms with E-state index in [-0.39, 0.29) is 11.4 Å². The van der Waals surface area contributed by atoms with Crippen molar-refractivity contribution in [2.24, 2.45) is 0 Å². The quantitative estimate of drug-likeness (QED) is 0.428. The van der Waals surface area contributed by atoms with Gasteiger partial charge in [0.2, 0.25) is 0 Å². The van der Waals surface area contributed by atoms with Gasteiger partial charge in [-0.15, -0.1) is 0 Å². The second kappa shape index (κ2) is 8.96. The zero-order valence-electron chi connectivity index (χ0n) is 19.2. The Balaban J connectivity index is 1.25. The molecule has 0 aliphatic carbocycles. The van der Waals surface area contributed by atoms with Gasteiger partial charge in [-0.25, -0.2) is 9.07 Å². The molecule has 0 amide bonds. The third-order valence-corrected chi connectivity index (χ3v) is 6.58. The minimum atomic E-state index is -0.309. The minimum absolute atomic E-state index is 0.167. The van der Waals surface area contributed by atoms with Crippen LogP contribution in [0.15, 0.2) is 77.9 Å². The number of pyridine rings is 1. The van der Waals surface area contributed by atoms with Crippen molar-refractivity contribution in [3.8, 4) is 5.82 Å². The van der Waals surface area contributed by atoms with E-state index in [1.165, 1.54) is 22.9 Å². The SMILES string of the molecule is O=c1ccc(-n2ccc3ccc(F)cc32)nn1CCc1ccc2ncc(N3CCNCC3)cc2c1. The van der Waals surface area contributed by atoms with Crippen molar-refractivity contribution < 1.29 is 4.39 Å². The highest BCUT2D eigenvalue weighted by atomic mass is 19.1. The van der Waals surface area contributed by atoms with E-state index in [1.54, 1.807) is 16.7 Å². The summed E-state index contributed by atoms with van der Waals surface area (Å²) in [6.07, 6.45) is 4.44. The number of aryl methyl sites for hydroxylation is 2. The van der Waals surface area contributed by atoms with Gasteiger partial charge >= 0.3 is 0 Å². The highest BCUT2D eigenvalue weighted by molar-refractivity contribution is 5.83. The van der Waals surface area contributed by atoms with Crippen molar-refractivity contribution >= 4 is 27.5 Å². The lowest BCUT2D eigenvalue weighted by Crippen LogP contribution is -2.43. The maximum Gasteiger partial charge on any atom is 0.266 e. The van der Waals surface area contributed by atoms with Crippen molar-refractivity contribution in [1.29, 1.82) is 0 Å². The normalized spacial score (nSPS) is 14.1. The Morgan fingerprint density at radius 2 is 1.83 bits per heavy atom. The summed E-state index contributed by atoms with van der Waals surface area (Å²) < 4.78 is 17.1. The molecule has 6 rings (SSSR count). The molecule has 1 aliphatic heterocycles. The fourth-order valence-electron chi connectivity index (χ4n) is 4.68. The van der Waals surface area contributed by atoms with E-state index in [0.717, 1.165) is 53.7 Å². The third kappa shape index (κ3) is 4.28. The van der Waals surface area contributed by atoms with Gasteiger partial charge in [0, 0.05) is 55.8 Å². The highest BCUT2D eigenvalue weighted by Gasteiger charge is 2.12.